The maximum Gasteiger partial charge on any atom is 0.265 e. The molecule has 0 spiro atoms. The first kappa shape index (κ1) is 16.1. The molecule has 7 heteroatoms. The summed E-state index contributed by atoms with van der Waals surface area (Å²) in [5.41, 5.74) is 2.68. The van der Waals surface area contributed by atoms with Crippen LogP contribution in [0.25, 0.3) is 0 Å². The normalized spacial score (nSPS) is 19.3. The first-order valence-corrected chi connectivity index (χ1v) is 8.96. The second-order valence-electron chi connectivity index (χ2n) is 5.77. The lowest BCUT2D eigenvalue weighted by atomic mass is 10.1. The smallest absolute Gasteiger partial charge is 0.265 e. The van der Waals surface area contributed by atoms with Gasteiger partial charge >= 0.3 is 0 Å². The molecule has 0 bridgehead atoms. The van der Waals surface area contributed by atoms with E-state index in [-0.39, 0.29) is 11.9 Å². The van der Waals surface area contributed by atoms with Gasteiger partial charge in [0.2, 0.25) is 0 Å². The van der Waals surface area contributed by atoms with E-state index in [9.17, 15) is 4.79 Å². The molecule has 1 aliphatic heterocycles. The minimum atomic E-state index is 0.110. The molecular formula is C16H23N5OS. The Bertz CT molecular complexity index is 680. The zero-order valence-electron chi connectivity index (χ0n) is 13.9. The van der Waals surface area contributed by atoms with Gasteiger partial charge in [0.25, 0.3) is 5.91 Å². The summed E-state index contributed by atoms with van der Waals surface area (Å²) in [7, 11) is 2.01. The Hall–Kier alpha value is -1.73. The number of imidazole rings is 1. The van der Waals surface area contributed by atoms with Gasteiger partial charge < -0.3 is 9.47 Å². The fraction of sp³-hybridized carbons (Fsp3) is 0.562. The third kappa shape index (κ3) is 3.03. The van der Waals surface area contributed by atoms with Gasteiger partial charge in [-0.05, 0) is 13.0 Å². The highest BCUT2D eigenvalue weighted by Gasteiger charge is 2.33. The Morgan fingerprint density at radius 2 is 2.17 bits per heavy atom. The van der Waals surface area contributed by atoms with Gasteiger partial charge in [0, 0.05) is 39.1 Å². The van der Waals surface area contributed by atoms with Crippen molar-refractivity contribution in [3.63, 3.8) is 0 Å². The molecule has 0 radical (unpaired) electrons. The van der Waals surface area contributed by atoms with Crippen LogP contribution in [0, 0.1) is 0 Å². The van der Waals surface area contributed by atoms with Crippen molar-refractivity contribution >= 4 is 17.2 Å². The van der Waals surface area contributed by atoms with E-state index < -0.39 is 0 Å². The van der Waals surface area contributed by atoms with Crippen LogP contribution < -0.4 is 0 Å². The van der Waals surface area contributed by atoms with Crippen LogP contribution in [0.1, 0.15) is 41.1 Å². The third-order valence-electron chi connectivity index (χ3n) is 4.51. The second-order valence-corrected chi connectivity index (χ2v) is 6.63. The molecule has 2 aromatic rings. The van der Waals surface area contributed by atoms with E-state index in [2.05, 4.69) is 21.8 Å². The highest BCUT2D eigenvalue weighted by atomic mass is 32.1. The Morgan fingerprint density at radius 3 is 2.83 bits per heavy atom. The van der Waals surface area contributed by atoms with Crippen LogP contribution in [-0.4, -0.2) is 56.4 Å². The lowest BCUT2D eigenvalue weighted by Gasteiger charge is -2.40. The van der Waals surface area contributed by atoms with Crippen LogP contribution >= 0.6 is 11.3 Å². The molecule has 124 valence electrons. The number of rotatable bonds is 4. The van der Waals surface area contributed by atoms with E-state index in [0.717, 1.165) is 42.5 Å². The zero-order chi connectivity index (χ0) is 16.4. The van der Waals surface area contributed by atoms with Gasteiger partial charge in [0.05, 0.1) is 17.2 Å². The molecule has 1 atom stereocenters. The van der Waals surface area contributed by atoms with Crippen LogP contribution in [0.15, 0.2) is 17.9 Å². The minimum Gasteiger partial charge on any atom is -0.337 e. The predicted molar refractivity (Wildman–Crippen MR) is 90.6 cm³/mol. The van der Waals surface area contributed by atoms with E-state index in [1.807, 2.05) is 35.8 Å². The van der Waals surface area contributed by atoms with Crippen molar-refractivity contribution < 1.29 is 4.79 Å². The number of aryl methyl sites for hydroxylation is 2. The standard InChI is InChI=1S/C16H23N5OS/c1-4-12-14(23-11-18-12)16(22)21-9-8-20(5-2)13(10-21)15-17-6-7-19(15)3/h6-7,11,13H,4-5,8-10H2,1-3H3/t13-/m0/s1. The quantitative estimate of drug-likeness (QED) is 0.858. The topological polar surface area (TPSA) is 54.3 Å². The number of carbonyl (C=O) groups excluding carboxylic acids is 1. The van der Waals surface area contributed by atoms with Crippen LogP contribution in [0.5, 0.6) is 0 Å². The summed E-state index contributed by atoms with van der Waals surface area (Å²) in [6, 6.07) is 0.149. The molecule has 0 N–H and O–H groups in total. The molecule has 0 aromatic carbocycles. The number of nitrogens with zero attached hydrogens (tertiary/aromatic N) is 5. The largest absolute Gasteiger partial charge is 0.337 e. The lowest BCUT2D eigenvalue weighted by molar-refractivity contribution is 0.0476. The highest BCUT2D eigenvalue weighted by Crippen LogP contribution is 2.26. The number of hydrogen-bond acceptors (Lipinski definition) is 5. The van der Waals surface area contributed by atoms with Gasteiger partial charge in [-0.2, -0.15) is 0 Å². The summed E-state index contributed by atoms with van der Waals surface area (Å²) in [5, 5.41) is 0. The first-order chi connectivity index (χ1) is 11.2. The van der Waals surface area contributed by atoms with Gasteiger partial charge in [-0.3, -0.25) is 9.69 Å². The predicted octanol–water partition coefficient (Wildman–Crippen LogP) is 1.96. The molecule has 2 aromatic heterocycles. The van der Waals surface area contributed by atoms with Gasteiger partial charge in [0.15, 0.2) is 0 Å². The molecule has 1 aliphatic rings. The summed E-state index contributed by atoms with van der Waals surface area (Å²) in [6.07, 6.45) is 4.58. The fourth-order valence-corrected chi connectivity index (χ4v) is 4.01. The highest BCUT2D eigenvalue weighted by molar-refractivity contribution is 7.11. The van der Waals surface area contributed by atoms with Crippen molar-refractivity contribution in [1.82, 2.24) is 24.3 Å². The molecule has 1 amide bonds. The molecule has 23 heavy (non-hydrogen) atoms. The van der Waals surface area contributed by atoms with Crippen molar-refractivity contribution in [2.24, 2.45) is 7.05 Å². The van der Waals surface area contributed by atoms with Crippen LogP contribution in [0.2, 0.25) is 0 Å². The van der Waals surface area contributed by atoms with Crippen molar-refractivity contribution in [1.29, 1.82) is 0 Å². The molecule has 0 saturated carbocycles. The van der Waals surface area contributed by atoms with Gasteiger partial charge in [-0.15, -0.1) is 11.3 Å². The average Bonchev–Trinajstić information content (AvgIpc) is 3.22. The van der Waals surface area contributed by atoms with Crippen molar-refractivity contribution in [2.45, 2.75) is 26.3 Å². The number of hydrogen-bond donors (Lipinski definition) is 0. The van der Waals surface area contributed by atoms with E-state index in [0.29, 0.717) is 6.54 Å². The Morgan fingerprint density at radius 1 is 1.35 bits per heavy atom. The number of likely N-dealkylation sites (N-methyl/N-ethyl adjacent to an activating group) is 1. The van der Waals surface area contributed by atoms with E-state index in [1.165, 1.54) is 11.3 Å². The van der Waals surface area contributed by atoms with Gasteiger partial charge in [-0.25, -0.2) is 9.97 Å². The van der Waals surface area contributed by atoms with E-state index in [1.54, 1.807) is 5.51 Å². The summed E-state index contributed by atoms with van der Waals surface area (Å²) >= 11 is 1.45. The van der Waals surface area contributed by atoms with Crippen LogP contribution in [0.4, 0.5) is 0 Å². The first-order valence-electron chi connectivity index (χ1n) is 8.08. The third-order valence-corrected chi connectivity index (χ3v) is 5.37. The molecule has 3 rings (SSSR count). The lowest BCUT2D eigenvalue weighted by Crippen LogP contribution is -2.50. The molecule has 3 heterocycles. The second kappa shape index (κ2) is 6.80. The molecular weight excluding hydrogens is 310 g/mol. The zero-order valence-corrected chi connectivity index (χ0v) is 14.7. The molecule has 1 saturated heterocycles. The summed E-state index contributed by atoms with van der Waals surface area (Å²) in [5.74, 6) is 1.13. The minimum absolute atomic E-state index is 0.110. The van der Waals surface area contributed by atoms with Crippen molar-refractivity contribution in [3.05, 3.63) is 34.3 Å². The molecule has 0 aliphatic carbocycles. The number of aromatic nitrogens is 3. The molecule has 1 fully saturated rings. The van der Waals surface area contributed by atoms with E-state index >= 15 is 0 Å². The van der Waals surface area contributed by atoms with Gasteiger partial charge in [0.1, 0.15) is 10.7 Å². The molecule has 0 unspecified atom stereocenters. The maximum atomic E-state index is 12.9. The summed E-state index contributed by atoms with van der Waals surface area (Å²) in [6.45, 7) is 7.47. The molecule has 6 nitrogen and oxygen atoms in total. The number of amides is 1. The number of thiazole rings is 1. The van der Waals surface area contributed by atoms with E-state index in [4.69, 9.17) is 0 Å². The van der Waals surface area contributed by atoms with Crippen LogP contribution in [0.3, 0.4) is 0 Å². The fourth-order valence-electron chi connectivity index (χ4n) is 3.17. The summed E-state index contributed by atoms with van der Waals surface area (Å²) in [4.78, 5) is 26.8. The summed E-state index contributed by atoms with van der Waals surface area (Å²) < 4.78 is 2.05. The Labute approximate surface area is 140 Å². The SMILES string of the molecule is CCc1ncsc1C(=O)N1CCN(CC)[C@H](c2nccn2C)C1. The van der Waals surface area contributed by atoms with Gasteiger partial charge in [-0.1, -0.05) is 13.8 Å². The Kier molecular flexibility index (Phi) is 4.77. The van der Waals surface area contributed by atoms with Crippen molar-refractivity contribution in [3.8, 4) is 0 Å². The average molecular weight is 333 g/mol. The van der Waals surface area contributed by atoms with Crippen molar-refractivity contribution in [2.75, 3.05) is 26.2 Å². The monoisotopic (exact) mass is 333 g/mol. The van der Waals surface area contributed by atoms with Crippen LogP contribution in [-0.2, 0) is 13.5 Å². The number of carbonyl (C=O) groups is 1. The number of piperazine rings is 1. The maximum absolute atomic E-state index is 12.9. The Balaban J connectivity index is 1.83.